The molecule has 0 saturated heterocycles. The predicted molar refractivity (Wildman–Crippen MR) is 89.0 cm³/mol. The molecule has 22 heavy (non-hydrogen) atoms. The van der Waals surface area contributed by atoms with Crippen molar-refractivity contribution in [3.8, 4) is 11.5 Å². The Kier molecular flexibility index (Phi) is 8.09. The fourth-order valence-electron chi connectivity index (χ4n) is 1.79. The van der Waals surface area contributed by atoms with Crippen LogP contribution in [0.3, 0.4) is 0 Å². The van der Waals surface area contributed by atoms with E-state index in [2.05, 4.69) is 15.2 Å². The van der Waals surface area contributed by atoms with E-state index in [1.165, 1.54) is 0 Å². The molecule has 0 fully saturated rings. The van der Waals surface area contributed by atoms with Crippen LogP contribution in [0.4, 0.5) is 5.69 Å². The van der Waals surface area contributed by atoms with Crippen LogP contribution in [0.15, 0.2) is 23.2 Å². The average molecular weight is 310 g/mol. The molecule has 0 spiro atoms. The SMILES string of the molecule is COCCN(C)CCN=C(N)Nc1cc(OC)ccc1OC. The van der Waals surface area contributed by atoms with Gasteiger partial charge in [0.15, 0.2) is 5.96 Å². The molecule has 1 rings (SSSR count). The molecule has 0 amide bonds. The van der Waals surface area contributed by atoms with Crippen LogP contribution in [0, 0.1) is 0 Å². The van der Waals surface area contributed by atoms with Gasteiger partial charge >= 0.3 is 0 Å². The van der Waals surface area contributed by atoms with E-state index >= 15 is 0 Å². The molecular weight excluding hydrogens is 284 g/mol. The Hall–Kier alpha value is -1.99. The summed E-state index contributed by atoms with van der Waals surface area (Å²) in [5, 5.41) is 3.03. The normalized spacial score (nSPS) is 11.6. The molecule has 1 aromatic rings. The van der Waals surface area contributed by atoms with Gasteiger partial charge in [0, 0.05) is 26.3 Å². The van der Waals surface area contributed by atoms with E-state index in [0.717, 1.165) is 24.5 Å². The summed E-state index contributed by atoms with van der Waals surface area (Å²) in [6.45, 7) is 2.98. The molecule has 0 aliphatic rings. The highest BCUT2D eigenvalue weighted by molar-refractivity contribution is 5.94. The summed E-state index contributed by atoms with van der Waals surface area (Å²) in [6, 6.07) is 5.45. The number of nitrogens with one attached hydrogen (secondary N) is 1. The van der Waals surface area contributed by atoms with Crippen molar-refractivity contribution in [2.24, 2.45) is 10.7 Å². The zero-order chi connectivity index (χ0) is 16.4. The third-order valence-electron chi connectivity index (χ3n) is 3.11. The largest absolute Gasteiger partial charge is 0.497 e. The summed E-state index contributed by atoms with van der Waals surface area (Å²) in [6.07, 6.45) is 0. The summed E-state index contributed by atoms with van der Waals surface area (Å²) in [5.41, 5.74) is 6.62. The van der Waals surface area contributed by atoms with Crippen LogP contribution in [-0.2, 0) is 4.74 Å². The molecule has 0 radical (unpaired) electrons. The Morgan fingerprint density at radius 2 is 2.00 bits per heavy atom. The summed E-state index contributed by atoms with van der Waals surface area (Å²) in [7, 11) is 6.92. The lowest BCUT2D eigenvalue weighted by Gasteiger charge is -2.15. The van der Waals surface area contributed by atoms with Crippen LogP contribution in [0.25, 0.3) is 0 Å². The Labute approximate surface area is 132 Å². The second-order valence-corrected chi connectivity index (χ2v) is 4.75. The third kappa shape index (κ3) is 6.19. The summed E-state index contributed by atoms with van der Waals surface area (Å²) in [5.74, 6) is 1.73. The highest BCUT2D eigenvalue weighted by atomic mass is 16.5. The zero-order valence-electron chi connectivity index (χ0n) is 13.8. The molecule has 0 saturated carbocycles. The van der Waals surface area contributed by atoms with E-state index in [1.54, 1.807) is 21.3 Å². The molecule has 7 nitrogen and oxygen atoms in total. The lowest BCUT2D eigenvalue weighted by atomic mass is 10.2. The molecule has 0 aromatic heterocycles. The van der Waals surface area contributed by atoms with Crippen LogP contribution in [0.2, 0.25) is 0 Å². The monoisotopic (exact) mass is 310 g/mol. The topological polar surface area (TPSA) is 81.3 Å². The van der Waals surface area contributed by atoms with E-state index in [4.69, 9.17) is 19.9 Å². The van der Waals surface area contributed by atoms with Gasteiger partial charge in [-0.05, 0) is 19.2 Å². The van der Waals surface area contributed by atoms with E-state index in [1.807, 2.05) is 25.2 Å². The molecular formula is C15H26N4O3. The van der Waals surface area contributed by atoms with Crippen LogP contribution in [0.5, 0.6) is 11.5 Å². The molecule has 124 valence electrons. The van der Waals surface area contributed by atoms with E-state index < -0.39 is 0 Å². The second kappa shape index (κ2) is 9.86. The fourth-order valence-corrected chi connectivity index (χ4v) is 1.79. The highest BCUT2D eigenvalue weighted by Crippen LogP contribution is 2.28. The van der Waals surface area contributed by atoms with E-state index in [0.29, 0.717) is 24.9 Å². The number of likely N-dealkylation sites (N-methyl/N-ethyl adjacent to an activating group) is 1. The maximum atomic E-state index is 5.91. The summed E-state index contributed by atoms with van der Waals surface area (Å²) in [4.78, 5) is 6.43. The Balaban J connectivity index is 2.56. The van der Waals surface area contributed by atoms with Crippen LogP contribution in [-0.4, -0.2) is 65.5 Å². The van der Waals surface area contributed by atoms with Crippen molar-refractivity contribution in [3.63, 3.8) is 0 Å². The molecule has 0 bridgehead atoms. The number of hydrogen-bond acceptors (Lipinski definition) is 5. The van der Waals surface area contributed by atoms with Gasteiger partial charge < -0.3 is 30.2 Å². The van der Waals surface area contributed by atoms with Crippen molar-refractivity contribution in [2.45, 2.75) is 0 Å². The highest BCUT2D eigenvalue weighted by Gasteiger charge is 2.06. The maximum Gasteiger partial charge on any atom is 0.193 e. The average Bonchev–Trinajstić information content (AvgIpc) is 2.52. The zero-order valence-corrected chi connectivity index (χ0v) is 13.8. The molecule has 0 heterocycles. The fraction of sp³-hybridized carbons (Fsp3) is 0.533. The van der Waals surface area contributed by atoms with Gasteiger partial charge in [0.2, 0.25) is 0 Å². The Bertz CT molecular complexity index is 480. The first-order chi connectivity index (χ1) is 10.6. The molecule has 0 atom stereocenters. The Morgan fingerprint density at radius 3 is 2.64 bits per heavy atom. The maximum absolute atomic E-state index is 5.91. The van der Waals surface area contributed by atoms with Crippen molar-refractivity contribution < 1.29 is 14.2 Å². The first-order valence-corrected chi connectivity index (χ1v) is 7.07. The second-order valence-electron chi connectivity index (χ2n) is 4.75. The number of benzene rings is 1. The van der Waals surface area contributed by atoms with Gasteiger partial charge in [0.25, 0.3) is 0 Å². The van der Waals surface area contributed by atoms with Crippen molar-refractivity contribution in [2.75, 3.05) is 59.9 Å². The number of rotatable bonds is 9. The van der Waals surface area contributed by atoms with Crippen molar-refractivity contribution in [3.05, 3.63) is 18.2 Å². The number of nitrogens with two attached hydrogens (primary N) is 1. The number of guanidine groups is 1. The Morgan fingerprint density at radius 1 is 1.23 bits per heavy atom. The van der Waals surface area contributed by atoms with Crippen LogP contribution < -0.4 is 20.5 Å². The molecule has 1 aromatic carbocycles. The minimum Gasteiger partial charge on any atom is -0.497 e. The molecule has 7 heteroatoms. The van der Waals surface area contributed by atoms with E-state index in [9.17, 15) is 0 Å². The number of aliphatic imine (C=N–C) groups is 1. The van der Waals surface area contributed by atoms with Gasteiger partial charge in [0.1, 0.15) is 11.5 Å². The van der Waals surface area contributed by atoms with Crippen molar-refractivity contribution >= 4 is 11.6 Å². The lowest BCUT2D eigenvalue weighted by molar-refractivity contribution is 0.163. The lowest BCUT2D eigenvalue weighted by Crippen LogP contribution is -2.28. The van der Waals surface area contributed by atoms with Crippen LogP contribution >= 0.6 is 0 Å². The smallest absolute Gasteiger partial charge is 0.193 e. The molecule has 0 aliphatic carbocycles. The first-order valence-electron chi connectivity index (χ1n) is 7.07. The molecule has 3 N–H and O–H groups in total. The number of methoxy groups -OCH3 is 3. The van der Waals surface area contributed by atoms with Gasteiger partial charge in [-0.3, -0.25) is 4.99 Å². The third-order valence-corrected chi connectivity index (χ3v) is 3.11. The molecule has 0 aliphatic heterocycles. The number of nitrogens with zero attached hydrogens (tertiary/aromatic N) is 2. The minimum atomic E-state index is 0.340. The van der Waals surface area contributed by atoms with E-state index in [-0.39, 0.29) is 0 Å². The van der Waals surface area contributed by atoms with Gasteiger partial charge in [-0.25, -0.2) is 0 Å². The molecule has 0 unspecified atom stereocenters. The van der Waals surface area contributed by atoms with Gasteiger partial charge in [0.05, 0.1) is 33.1 Å². The summed E-state index contributed by atoms with van der Waals surface area (Å²) >= 11 is 0. The minimum absolute atomic E-state index is 0.340. The van der Waals surface area contributed by atoms with Crippen molar-refractivity contribution in [1.82, 2.24) is 4.90 Å². The number of ether oxygens (including phenoxy) is 3. The standard InChI is InChI=1S/C15H26N4O3/c1-19(9-10-20-2)8-7-17-15(16)18-13-11-12(21-3)5-6-14(13)22-4/h5-6,11H,7-10H2,1-4H3,(H3,16,17,18). The number of anilines is 1. The predicted octanol–water partition coefficient (Wildman–Crippen LogP) is 1.01. The number of hydrogen-bond donors (Lipinski definition) is 2. The first kappa shape index (κ1) is 18.1. The van der Waals surface area contributed by atoms with Gasteiger partial charge in [-0.15, -0.1) is 0 Å². The van der Waals surface area contributed by atoms with Crippen molar-refractivity contribution in [1.29, 1.82) is 0 Å². The quantitative estimate of drug-likeness (QED) is 0.523. The summed E-state index contributed by atoms with van der Waals surface area (Å²) < 4.78 is 15.5. The van der Waals surface area contributed by atoms with Gasteiger partial charge in [-0.2, -0.15) is 0 Å². The van der Waals surface area contributed by atoms with Gasteiger partial charge in [-0.1, -0.05) is 0 Å². The van der Waals surface area contributed by atoms with Crippen LogP contribution in [0.1, 0.15) is 0 Å².